The molecule has 0 unspecified atom stereocenters. The van der Waals surface area contributed by atoms with Crippen LogP contribution in [0.25, 0.3) is 77.2 Å². The fourth-order valence-corrected chi connectivity index (χ4v) is 10.8. The van der Waals surface area contributed by atoms with Crippen molar-refractivity contribution in [1.29, 1.82) is 0 Å². The third-order valence-corrected chi connectivity index (χ3v) is 13.3. The van der Waals surface area contributed by atoms with Crippen LogP contribution in [0.1, 0.15) is 22.3 Å². The van der Waals surface area contributed by atoms with Crippen molar-refractivity contribution < 1.29 is 4.42 Å². The van der Waals surface area contributed by atoms with Crippen molar-refractivity contribution in [1.82, 2.24) is 0 Å². The second-order valence-electron chi connectivity index (χ2n) is 16.3. The molecule has 0 N–H and O–H groups in total. The second kappa shape index (κ2) is 13.0. The predicted octanol–water partition coefficient (Wildman–Crippen LogP) is 15.9. The molecule has 1 heterocycles. The van der Waals surface area contributed by atoms with E-state index in [0.29, 0.717) is 0 Å². The molecule has 0 fully saturated rings. The quantitative estimate of drug-likeness (QED) is 0.173. The molecule has 2 nitrogen and oxygen atoms in total. The molecule has 11 aromatic rings. The minimum Gasteiger partial charge on any atom is -0.455 e. The van der Waals surface area contributed by atoms with E-state index in [-0.39, 0.29) is 5.41 Å². The van der Waals surface area contributed by atoms with Crippen LogP contribution >= 0.6 is 0 Å². The number of nitrogens with zero attached hydrogens (tertiary/aromatic N) is 1. The lowest BCUT2D eigenvalue weighted by atomic mass is 9.70. The van der Waals surface area contributed by atoms with Crippen molar-refractivity contribution in [2.24, 2.45) is 0 Å². The smallest absolute Gasteiger partial charge is 0.143 e. The van der Waals surface area contributed by atoms with Gasteiger partial charge >= 0.3 is 0 Å². The van der Waals surface area contributed by atoms with Gasteiger partial charge in [-0.1, -0.05) is 176 Å². The molecule has 284 valence electrons. The molecule has 0 aliphatic heterocycles. The zero-order valence-electron chi connectivity index (χ0n) is 33.2. The van der Waals surface area contributed by atoms with Crippen molar-refractivity contribution in [2.45, 2.75) is 5.41 Å². The summed E-state index contributed by atoms with van der Waals surface area (Å²) >= 11 is 0. The first-order chi connectivity index (χ1) is 30.3. The van der Waals surface area contributed by atoms with Gasteiger partial charge in [0.2, 0.25) is 0 Å². The highest BCUT2D eigenvalue weighted by Crippen LogP contribution is 2.63. The summed E-state index contributed by atoms with van der Waals surface area (Å²) in [5.74, 6) is 0. The molecule has 0 atom stereocenters. The number of benzene rings is 10. The molecule has 2 aliphatic rings. The lowest BCUT2D eigenvalue weighted by molar-refractivity contribution is 0.672. The van der Waals surface area contributed by atoms with Crippen LogP contribution in [0.4, 0.5) is 17.1 Å². The van der Waals surface area contributed by atoms with E-state index >= 15 is 0 Å². The lowest BCUT2D eigenvalue weighted by Crippen LogP contribution is -2.25. The third kappa shape index (κ3) is 4.79. The Labute approximate surface area is 354 Å². The van der Waals surface area contributed by atoms with Gasteiger partial charge in [-0.15, -0.1) is 0 Å². The number of anilines is 3. The topological polar surface area (TPSA) is 16.4 Å². The fourth-order valence-electron chi connectivity index (χ4n) is 10.8. The van der Waals surface area contributed by atoms with E-state index in [4.69, 9.17) is 4.42 Å². The van der Waals surface area contributed by atoms with Crippen molar-refractivity contribution >= 4 is 49.8 Å². The van der Waals surface area contributed by atoms with Crippen LogP contribution in [0.3, 0.4) is 0 Å². The van der Waals surface area contributed by atoms with Crippen LogP contribution in [0, 0.1) is 0 Å². The minimum absolute atomic E-state index is 0.375. The number of para-hydroxylation sites is 1. The monoisotopic (exact) mass is 775 g/mol. The number of fused-ring (bicyclic) bond motifs is 15. The summed E-state index contributed by atoms with van der Waals surface area (Å²) in [6, 6.07) is 82.0. The molecule has 0 saturated carbocycles. The molecular formula is C59H37NO. The van der Waals surface area contributed by atoms with Crippen LogP contribution in [0.5, 0.6) is 0 Å². The van der Waals surface area contributed by atoms with Crippen molar-refractivity contribution in [3.05, 3.63) is 247 Å². The molecule has 0 saturated heterocycles. The molecule has 0 bridgehead atoms. The highest BCUT2D eigenvalue weighted by molar-refractivity contribution is 6.22. The molecule has 1 aromatic heterocycles. The Bertz CT molecular complexity index is 3480. The summed E-state index contributed by atoms with van der Waals surface area (Å²) in [5.41, 5.74) is 20.0. The fraction of sp³-hybridized carbons (Fsp3) is 0.0169. The molecule has 0 radical (unpaired) electrons. The maximum atomic E-state index is 6.92. The van der Waals surface area contributed by atoms with E-state index in [2.05, 4.69) is 229 Å². The van der Waals surface area contributed by atoms with Crippen LogP contribution in [0.15, 0.2) is 229 Å². The number of rotatable bonds is 5. The normalized spacial score (nSPS) is 13.0. The summed E-state index contributed by atoms with van der Waals surface area (Å²) in [6.45, 7) is 0. The molecule has 13 rings (SSSR count). The van der Waals surface area contributed by atoms with E-state index in [9.17, 15) is 0 Å². The van der Waals surface area contributed by atoms with Gasteiger partial charge in [-0.25, -0.2) is 0 Å². The van der Waals surface area contributed by atoms with Crippen molar-refractivity contribution in [3.63, 3.8) is 0 Å². The minimum atomic E-state index is -0.375. The van der Waals surface area contributed by atoms with Crippen LogP contribution in [0.2, 0.25) is 0 Å². The molecule has 2 aliphatic carbocycles. The van der Waals surface area contributed by atoms with Crippen molar-refractivity contribution in [2.75, 3.05) is 4.90 Å². The van der Waals surface area contributed by atoms with Crippen LogP contribution in [-0.4, -0.2) is 0 Å². The summed E-state index contributed by atoms with van der Waals surface area (Å²) in [4.78, 5) is 2.37. The molecule has 10 aromatic carbocycles. The van der Waals surface area contributed by atoms with E-state index < -0.39 is 0 Å². The summed E-state index contributed by atoms with van der Waals surface area (Å²) in [7, 11) is 0. The Hall–Kier alpha value is -7.94. The number of hydrogen-bond acceptors (Lipinski definition) is 2. The number of hydrogen-bond donors (Lipinski definition) is 0. The average molecular weight is 776 g/mol. The summed E-state index contributed by atoms with van der Waals surface area (Å²) < 4.78 is 6.92. The van der Waals surface area contributed by atoms with Gasteiger partial charge in [-0.05, 0) is 121 Å². The Morgan fingerprint density at radius 3 is 1.54 bits per heavy atom. The standard InChI is InChI=1S/C59H37NO/c1-3-16-38(17-4-1)39-30-33-42(34-31-39)60(41-18-5-2-6-19-41)55-28-15-29-56-57(55)50-37-48(43-20-7-8-24-47(43)58(50)61-56)40-32-35-54-49(36-40)46-23-11-14-27-53(46)59(54)51-25-12-9-21-44(51)45-22-10-13-26-52(45)59/h1-37H. The van der Waals surface area contributed by atoms with Gasteiger partial charge in [0.25, 0.3) is 0 Å². The Morgan fingerprint density at radius 1 is 0.328 bits per heavy atom. The Kier molecular flexibility index (Phi) is 7.26. The maximum absolute atomic E-state index is 6.92. The molecule has 61 heavy (non-hydrogen) atoms. The third-order valence-electron chi connectivity index (χ3n) is 13.3. The zero-order valence-corrected chi connectivity index (χ0v) is 33.2. The SMILES string of the molecule is c1ccc(-c2ccc(N(c3ccccc3)c3cccc4oc5c6ccccc6c(-c6ccc7c(c6)-c6ccccc6C76c7ccccc7-c7ccccc76)cc5c34)cc2)cc1. The van der Waals surface area contributed by atoms with Gasteiger partial charge in [0.1, 0.15) is 11.2 Å². The Balaban J connectivity index is 1.04. The van der Waals surface area contributed by atoms with Gasteiger partial charge in [-0.2, -0.15) is 0 Å². The number of furan rings is 1. The second-order valence-corrected chi connectivity index (χ2v) is 16.3. The highest BCUT2D eigenvalue weighted by Gasteiger charge is 2.51. The van der Waals surface area contributed by atoms with E-state index in [0.717, 1.165) is 44.4 Å². The van der Waals surface area contributed by atoms with Crippen molar-refractivity contribution in [3.8, 4) is 44.5 Å². The molecular weight excluding hydrogens is 739 g/mol. The van der Waals surface area contributed by atoms with Gasteiger partial charge in [0.15, 0.2) is 0 Å². The molecule has 2 heteroatoms. The predicted molar refractivity (Wildman–Crippen MR) is 253 cm³/mol. The van der Waals surface area contributed by atoms with Gasteiger partial charge in [0, 0.05) is 22.1 Å². The van der Waals surface area contributed by atoms with Gasteiger partial charge in [0.05, 0.1) is 16.5 Å². The largest absolute Gasteiger partial charge is 0.455 e. The molecule has 1 spiro atoms. The van der Waals surface area contributed by atoms with Crippen LogP contribution < -0.4 is 4.90 Å². The average Bonchev–Trinajstić information content (AvgIpc) is 3.97. The van der Waals surface area contributed by atoms with E-state index in [1.54, 1.807) is 0 Å². The van der Waals surface area contributed by atoms with E-state index in [1.807, 2.05) is 0 Å². The zero-order chi connectivity index (χ0) is 40.1. The highest BCUT2D eigenvalue weighted by atomic mass is 16.3. The first kappa shape index (κ1) is 34.0. The van der Waals surface area contributed by atoms with Gasteiger partial charge in [-0.3, -0.25) is 0 Å². The molecule has 0 amide bonds. The first-order valence-corrected chi connectivity index (χ1v) is 21.1. The lowest BCUT2D eigenvalue weighted by Gasteiger charge is -2.30. The van der Waals surface area contributed by atoms with Crippen LogP contribution in [-0.2, 0) is 5.41 Å². The maximum Gasteiger partial charge on any atom is 0.143 e. The summed E-state index contributed by atoms with van der Waals surface area (Å²) in [5, 5.41) is 4.46. The Morgan fingerprint density at radius 2 is 0.852 bits per heavy atom. The first-order valence-electron chi connectivity index (χ1n) is 21.1. The summed E-state index contributed by atoms with van der Waals surface area (Å²) in [6.07, 6.45) is 0. The van der Waals surface area contributed by atoms with Gasteiger partial charge < -0.3 is 9.32 Å². The van der Waals surface area contributed by atoms with E-state index in [1.165, 1.54) is 72.1 Å².